The fourth-order valence-electron chi connectivity index (χ4n) is 6.59. The minimum Gasteiger partial charge on any atom is -0.510 e. The van der Waals surface area contributed by atoms with Crippen LogP contribution in [-0.4, -0.2) is 87.7 Å². The molecule has 0 aromatic heterocycles. The van der Waals surface area contributed by atoms with Crippen LogP contribution in [0.3, 0.4) is 0 Å². The molecule has 2 aromatic carbocycles. The highest BCUT2D eigenvalue weighted by molar-refractivity contribution is 6.25. The van der Waals surface area contributed by atoms with E-state index in [1.807, 2.05) is 0 Å². The number of Topliss-reactive ketones (excluding diaryl/α,β-unsaturated/α-hetero) is 2. The van der Waals surface area contributed by atoms with Crippen molar-refractivity contribution < 1.29 is 39.9 Å². The van der Waals surface area contributed by atoms with Crippen molar-refractivity contribution in [1.82, 2.24) is 4.90 Å². The molecule has 3 aliphatic rings. The van der Waals surface area contributed by atoms with Crippen molar-refractivity contribution in [1.29, 1.82) is 0 Å². The lowest BCUT2D eigenvalue weighted by Gasteiger charge is -2.50. The molecule has 210 valence electrons. The lowest BCUT2D eigenvalue weighted by molar-refractivity contribution is -0.148. The number of aliphatic hydroxyl groups is 3. The number of aliphatic hydroxyl groups excluding tert-OH is 2. The van der Waals surface area contributed by atoms with Crippen molar-refractivity contribution in [3.05, 3.63) is 64.1 Å². The topological polar surface area (TPSA) is 185 Å². The quantitative estimate of drug-likeness (QED) is 0.306. The number of aromatic hydroxyl groups is 2. The SMILES string of the molecule is CN(C)c1cc(-c2cccc(O)c2)c(O)c2c1C[C@H]1C[C@H]3[C@H](N(C)C)C(O)=C(C(N)=O)C(=O)[C@@]3(O)C(O)=C1C2=O. The summed E-state index contributed by atoms with van der Waals surface area (Å²) < 4.78 is 0. The van der Waals surface area contributed by atoms with Gasteiger partial charge in [-0.3, -0.25) is 19.3 Å². The summed E-state index contributed by atoms with van der Waals surface area (Å²) in [6, 6.07) is 6.82. The molecule has 0 saturated heterocycles. The molecule has 0 aliphatic heterocycles. The molecule has 7 N–H and O–H groups in total. The molecular weight excluding hydrogens is 518 g/mol. The Balaban J connectivity index is 1.76. The summed E-state index contributed by atoms with van der Waals surface area (Å²) in [5.74, 6) is -7.04. The van der Waals surface area contributed by atoms with Gasteiger partial charge >= 0.3 is 0 Å². The fourth-order valence-corrected chi connectivity index (χ4v) is 6.59. The molecule has 0 bridgehead atoms. The third-order valence-corrected chi connectivity index (χ3v) is 8.34. The number of hydrogen-bond donors (Lipinski definition) is 6. The van der Waals surface area contributed by atoms with Crippen LogP contribution < -0.4 is 10.6 Å². The molecule has 4 atom stereocenters. The number of ketones is 2. The smallest absolute Gasteiger partial charge is 0.255 e. The average molecular weight is 550 g/mol. The number of likely N-dealkylation sites (N-methyl/N-ethyl adjacent to an activating group) is 1. The summed E-state index contributed by atoms with van der Waals surface area (Å²) in [5.41, 5.74) is 3.36. The number of nitrogens with zero attached hydrogens (tertiary/aromatic N) is 2. The van der Waals surface area contributed by atoms with Crippen molar-refractivity contribution in [2.45, 2.75) is 24.5 Å². The van der Waals surface area contributed by atoms with Gasteiger partial charge in [-0.15, -0.1) is 0 Å². The summed E-state index contributed by atoms with van der Waals surface area (Å²) in [5, 5.41) is 55.5. The van der Waals surface area contributed by atoms with Gasteiger partial charge in [0.2, 0.25) is 5.78 Å². The van der Waals surface area contributed by atoms with E-state index in [9.17, 15) is 39.9 Å². The third-order valence-electron chi connectivity index (χ3n) is 8.34. The van der Waals surface area contributed by atoms with E-state index >= 15 is 0 Å². The Morgan fingerprint density at radius 3 is 2.30 bits per heavy atom. The van der Waals surface area contributed by atoms with Gasteiger partial charge in [0.1, 0.15) is 28.6 Å². The predicted octanol–water partition coefficient (Wildman–Crippen LogP) is 1.56. The van der Waals surface area contributed by atoms with E-state index in [1.54, 1.807) is 51.3 Å². The van der Waals surface area contributed by atoms with E-state index in [1.165, 1.54) is 17.0 Å². The van der Waals surface area contributed by atoms with Gasteiger partial charge in [0, 0.05) is 36.8 Å². The van der Waals surface area contributed by atoms with Crippen LogP contribution >= 0.6 is 0 Å². The van der Waals surface area contributed by atoms with E-state index in [2.05, 4.69) is 0 Å². The molecule has 3 aliphatic carbocycles. The molecule has 0 unspecified atom stereocenters. The Hall–Kier alpha value is -4.35. The van der Waals surface area contributed by atoms with Gasteiger partial charge in [-0.25, -0.2) is 0 Å². The lowest BCUT2D eigenvalue weighted by Crippen LogP contribution is -2.63. The van der Waals surface area contributed by atoms with Crippen LogP contribution in [0.2, 0.25) is 0 Å². The van der Waals surface area contributed by atoms with Crippen molar-refractivity contribution in [2.24, 2.45) is 17.6 Å². The highest BCUT2D eigenvalue weighted by Crippen LogP contribution is 2.54. The lowest BCUT2D eigenvalue weighted by atomic mass is 9.58. The number of phenolic OH excluding ortho intramolecular Hbond substituents is 2. The number of carbonyl (C=O) groups is 3. The second-order valence-corrected chi connectivity index (χ2v) is 11.1. The third kappa shape index (κ3) is 3.61. The second-order valence-electron chi connectivity index (χ2n) is 11.1. The summed E-state index contributed by atoms with van der Waals surface area (Å²) >= 11 is 0. The normalized spacial score (nSPS) is 26.0. The predicted molar refractivity (Wildman–Crippen MR) is 145 cm³/mol. The Bertz CT molecular complexity index is 1560. The Morgan fingerprint density at radius 1 is 1.05 bits per heavy atom. The van der Waals surface area contributed by atoms with Crippen molar-refractivity contribution in [3.8, 4) is 22.6 Å². The molecule has 0 spiro atoms. The monoisotopic (exact) mass is 549 g/mol. The van der Waals surface area contributed by atoms with Crippen molar-refractivity contribution in [2.75, 3.05) is 33.1 Å². The summed E-state index contributed by atoms with van der Waals surface area (Å²) in [7, 11) is 6.72. The zero-order valence-electron chi connectivity index (χ0n) is 22.5. The van der Waals surface area contributed by atoms with Crippen LogP contribution in [0.5, 0.6) is 11.5 Å². The van der Waals surface area contributed by atoms with Gasteiger partial charge in [-0.05, 0) is 62.2 Å². The van der Waals surface area contributed by atoms with E-state index in [-0.39, 0.29) is 41.0 Å². The van der Waals surface area contributed by atoms with Crippen LogP contribution in [0.1, 0.15) is 22.3 Å². The number of amides is 1. The maximum atomic E-state index is 14.1. The highest BCUT2D eigenvalue weighted by Gasteiger charge is 2.63. The van der Waals surface area contributed by atoms with Crippen LogP contribution in [0.4, 0.5) is 5.69 Å². The zero-order valence-corrected chi connectivity index (χ0v) is 22.5. The number of allylic oxidation sites excluding steroid dienone is 1. The Labute approximate surface area is 230 Å². The number of anilines is 1. The number of hydrogen-bond acceptors (Lipinski definition) is 10. The standard InChI is InChI=1S/C29H31N3O8/c1-31(2)18-11-15(12-6-5-7-14(33)8-12)23(34)20-16(18)9-13-10-17-22(32(3)4)25(36)21(28(30)39)27(38)29(17,40)26(37)19(13)24(20)35/h5-8,11,13,17,22,33-34,36-37,40H,9-10H2,1-4H3,(H2,30,39)/t13-,17-,22-,29-/m0/s1. The van der Waals surface area contributed by atoms with Crippen molar-refractivity contribution >= 4 is 23.2 Å². The maximum Gasteiger partial charge on any atom is 0.255 e. The average Bonchev–Trinajstić information content (AvgIpc) is 2.85. The molecule has 40 heavy (non-hydrogen) atoms. The largest absolute Gasteiger partial charge is 0.510 e. The molecule has 0 fully saturated rings. The molecule has 5 rings (SSSR count). The first-order valence-electron chi connectivity index (χ1n) is 12.7. The van der Waals surface area contributed by atoms with Crippen LogP contribution in [0.25, 0.3) is 11.1 Å². The first kappa shape index (κ1) is 27.2. The second kappa shape index (κ2) is 9.10. The van der Waals surface area contributed by atoms with E-state index in [0.29, 0.717) is 16.8 Å². The Kier molecular flexibility index (Phi) is 6.20. The van der Waals surface area contributed by atoms with Gasteiger partial charge in [0.25, 0.3) is 5.91 Å². The van der Waals surface area contributed by atoms with Gasteiger partial charge in [-0.1, -0.05) is 12.1 Å². The molecule has 0 heterocycles. The number of benzene rings is 2. The fraction of sp³-hybridized carbons (Fsp3) is 0.345. The summed E-state index contributed by atoms with van der Waals surface area (Å²) in [6.45, 7) is 0. The zero-order chi connectivity index (χ0) is 29.4. The van der Waals surface area contributed by atoms with Gasteiger partial charge < -0.3 is 36.2 Å². The molecular formula is C29H31N3O8. The minimum atomic E-state index is -2.70. The number of primary amides is 1. The van der Waals surface area contributed by atoms with Gasteiger partial charge in [0.05, 0.1) is 11.6 Å². The molecule has 11 heteroatoms. The summed E-state index contributed by atoms with van der Waals surface area (Å²) in [4.78, 5) is 43.0. The number of phenols is 2. The maximum absolute atomic E-state index is 14.1. The van der Waals surface area contributed by atoms with Crippen LogP contribution in [0, 0.1) is 11.8 Å². The van der Waals surface area contributed by atoms with E-state index < -0.39 is 58.0 Å². The minimum absolute atomic E-state index is 0.00764. The van der Waals surface area contributed by atoms with E-state index in [0.717, 1.165) is 0 Å². The molecule has 0 saturated carbocycles. The van der Waals surface area contributed by atoms with Gasteiger partial charge in [-0.2, -0.15) is 0 Å². The molecule has 2 aromatic rings. The number of fused-ring (bicyclic) bond motifs is 3. The number of rotatable bonds is 4. The van der Waals surface area contributed by atoms with Crippen LogP contribution in [0.15, 0.2) is 53.0 Å². The summed E-state index contributed by atoms with van der Waals surface area (Å²) in [6.07, 6.45) is 0.184. The Morgan fingerprint density at radius 2 is 1.73 bits per heavy atom. The molecule has 1 amide bonds. The molecule has 0 radical (unpaired) electrons. The van der Waals surface area contributed by atoms with Crippen LogP contribution in [-0.2, 0) is 16.0 Å². The first-order chi connectivity index (χ1) is 18.7. The van der Waals surface area contributed by atoms with Crippen molar-refractivity contribution in [3.63, 3.8) is 0 Å². The first-order valence-corrected chi connectivity index (χ1v) is 12.7. The number of carbonyl (C=O) groups excluding carboxylic acids is 3. The number of nitrogens with two attached hydrogens (primary N) is 1. The van der Waals surface area contributed by atoms with E-state index in [4.69, 9.17) is 5.73 Å². The molecule has 11 nitrogen and oxygen atoms in total. The van der Waals surface area contributed by atoms with Gasteiger partial charge in [0.15, 0.2) is 11.4 Å². The highest BCUT2D eigenvalue weighted by atomic mass is 16.3.